The average Bonchev–Trinajstić information content (AvgIpc) is 2.76. The lowest BCUT2D eigenvalue weighted by Gasteiger charge is -2.44. The Hall–Kier alpha value is -1.61. The van der Waals surface area contributed by atoms with Crippen LogP contribution in [0.3, 0.4) is 0 Å². The summed E-state index contributed by atoms with van der Waals surface area (Å²) in [5, 5.41) is 9.42. The molecule has 1 N–H and O–H groups in total. The van der Waals surface area contributed by atoms with Crippen molar-refractivity contribution in [2.75, 3.05) is 6.61 Å². The third-order valence-corrected chi connectivity index (χ3v) is 5.41. The van der Waals surface area contributed by atoms with Gasteiger partial charge in [0.2, 0.25) is 0 Å². The number of carbonyl (C=O) groups is 1. The van der Waals surface area contributed by atoms with E-state index in [9.17, 15) is 27.3 Å². The van der Waals surface area contributed by atoms with Crippen molar-refractivity contribution in [1.82, 2.24) is 4.31 Å². The lowest BCUT2D eigenvalue weighted by molar-refractivity contribution is -0.137. The molecule has 9 heteroatoms. The molecule has 1 fully saturated rings. The maximum absolute atomic E-state index is 12.7. The first-order chi connectivity index (χ1) is 10.9. The Bertz CT molecular complexity index is 654. The number of benzene rings is 1. The highest BCUT2D eigenvalue weighted by Gasteiger charge is 2.57. The van der Waals surface area contributed by atoms with Crippen LogP contribution >= 0.6 is 0 Å². The number of nitrogens with zero attached hydrogens (tertiary/aromatic N) is 1. The summed E-state index contributed by atoms with van der Waals surface area (Å²) in [6.45, 7) is 5.23. The average molecular weight is 365 g/mol. The molecule has 1 heterocycles. The predicted octanol–water partition coefficient (Wildman–Crippen LogP) is 3.62. The maximum atomic E-state index is 12.7. The maximum Gasteiger partial charge on any atom is 0.421 e. The molecule has 0 aromatic heterocycles. The van der Waals surface area contributed by atoms with Crippen LogP contribution in [0, 0.1) is 5.41 Å². The van der Waals surface area contributed by atoms with Gasteiger partial charge in [0.25, 0.3) is 11.3 Å². The Kier molecular flexibility index (Phi) is 4.71. The van der Waals surface area contributed by atoms with Crippen LogP contribution < -0.4 is 0 Å². The molecule has 1 aliphatic heterocycles. The summed E-state index contributed by atoms with van der Waals surface area (Å²) < 4.78 is 55.7. The monoisotopic (exact) mass is 365 g/mol. The van der Waals surface area contributed by atoms with Gasteiger partial charge in [-0.15, -0.1) is 0 Å². The number of amides is 1. The molecule has 24 heavy (non-hydrogen) atoms. The third kappa shape index (κ3) is 3.27. The normalized spacial score (nSPS) is 25.1. The van der Waals surface area contributed by atoms with Gasteiger partial charge in [0.15, 0.2) is 0 Å². The highest BCUT2D eigenvalue weighted by atomic mass is 32.2. The van der Waals surface area contributed by atoms with Crippen LogP contribution in [0.1, 0.15) is 31.9 Å². The van der Waals surface area contributed by atoms with Gasteiger partial charge < -0.3 is 5.11 Å². The Morgan fingerprint density at radius 2 is 1.83 bits per heavy atom. The van der Waals surface area contributed by atoms with Crippen LogP contribution in [-0.4, -0.2) is 31.9 Å². The number of alkyl halides is 3. The van der Waals surface area contributed by atoms with Crippen LogP contribution in [0.25, 0.3) is 0 Å². The summed E-state index contributed by atoms with van der Waals surface area (Å²) in [6, 6.07) is 4.50. The standard InChI is InChI=1S/C15H18F3NO4S/c1-13(2,3)14(9-23-24(22)19(14)12(20)21)8-10-4-6-11(7-5-10)15(16,17)18/h4-7H,8-9H2,1-3H3,(H,20,21)/t14-,24-/m0/s1. The topological polar surface area (TPSA) is 66.8 Å². The van der Waals surface area contributed by atoms with Gasteiger partial charge >= 0.3 is 12.3 Å². The van der Waals surface area contributed by atoms with Gasteiger partial charge in [-0.1, -0.05) is 32.9 Å². The number of carboxylic acid groups (broad SMARTS) is 1. The molecule has 1 amide bonds. The van der Waals surface area contributed by atoms with Crippen molar-refractivity contribution in [2.24, 2.45) is 5.41 Å². The van der Waals surface area contributed by atoms with Gasteiger partial charge in [0.05, 0.1) is 17.7 Å². The van der Waals surface area contributed by atoms with Crippen LogP contribution in [0.4, 0.5) is 18.0 Å². The smallest absolute Gasteiger partial charge is 0.421 e. The second-order valence-electron chi connectivity index (χ2n) is 6.71. The van der Waals surface area contributed by atoms with Crippen molar-refractivity contribution in [3.05, 3.63) is 35.4 Å². The molecule has 5 nitrogen and oxygen atoms in total. The summed E-state index contributed by atoms with van der Waals surface area (Å²) in [6.07, 6.45) is -5.74. The molecule has 1 saturated heterocycles. The highest BCUT2D eigenvalue weighted by molar-refractivity contribution is 7.78. The summed E-state index contributed by atoms with van der Waals surface area (Å²) in [7, 11) is 0. The Morgan fingerprint density at radius 3 is 2.25 bits per heavy atom. The van der Waals surface area contributed by atoms with Crippen LogP contribution in [-0.2, 0) is 28.0 Å². The Morgan fingerprint density at radius 1 is 1.29 bits per heavy atom. The van der Waals surface area contributed by atoms with E-state index in [1.165, 1.54) is 12.1 Å². The first-order valence-electron chi connectivity index (χ1n) is 7.13. The van der Waals surface area contributed by atoms with Gasteiger partial charge in [0, 0.05) is 0 Å². The van der Waals surface area contributed by atoms with Crippen molar-refractivity contribution in [3.63, 3.8) is 0 Å². The van der Waals surface area contributed by atoms with E-state index in [-0.39, 0.29) is 13.0 Å². The Balaban J connectivity index is 2.41. The van der Waals surface area contributed by atoms with Crippen molar-refractivity contribution < 1.29 is 31.5 Å². The SMILES string of the molecule is CC(C)(C)[C@]1(Cc2ccc(C(F)(F)F)cc2)CO[S@](=O)N1C(=O)O. The van der Waals surface area contributed by atoms with Gasteiger partial charge in [-0.3, -0.25) is 4.18 Å². The lowest BCUT2D eigenvalue weighted by atomic mass is 9.70. The molecule has 0 aliphatic carbocycles. The van der Waals surface area contributed by atoms with E-state index in [0.29, 0.717) is 5.56 Å². The van der Waals surface area contributed by atoms with Crippen molar-refractivity contribution >= 4 is 17.4 Å². The highest BCUT2D eigenvalue weighted by Crippen LogP contribution is 2.44. The molecule has 2 rings (SSSR count). The lowest BCUT2D eigenvalue weighted by Crippen LogP contribution is -2.58. The van der Waals surface area contributed by atoms with Gasteiger partial charge in [0.1, 0.15) is 0 Å². The Labute approximate surface area is 140 Å². The van der Waals surface area contributed by atoms with E-state index < -0.39 is 40.1 Å². The minimum absolute atomic E-state index is 0.0900. The zero-order valence-corrected chi connectivity index (χ0v) is 14.2. The van der Waals surface area contributed by atoms with Gasteiger partial charge in [-0.05, 0) is 29.5 Å². The largest absolute Gasteiger partial charge is 0.464 e. The number of hydrogen-bond donors (Lipinski definition) is 1. The van der Waals surface area contributed by atoms with E-state index in [1.54, 1.807) is 20.8 Å². The summed E-state index contributed by atoms with van der Waals surface area (Å²) in [4.78, 5) is 11.6. The summed E-state index contributed by atoms with van der Waals surface area (Å²) >= 11 is -2.14. The molecule has 1 aromatic carbocycles. The zero-order chi connectivity index (χ0) is 18.3. The second-order valence-corrected chi connectivity index (χ2v) is 7.74. The van der Waals surface area contributed by atoms with Crippen LogP contribution in [0.5, 0.6) is 0 Å². The summed E-state index contributed by atoms with van der Waals surface area (Å²) in [5.74, 6) is 0. The van der Waals surface area contributed by atoms with E-state index in [4.69, 9.17) is 4.18 Å². The fraction of sp³-hybridized carbons (Fsp3) is 0.533. The van der Waals surface area contributed by atoms with E-state index in [2.05, 4.69) is 0 Å². The molecule has 0 unspecified atom stereocenters. The number of hydrogen-bond acceptors (Lipinski definition) is 3. The first-order valence-corrected chi connectivity index (χ1v) is 8.16. The quantitative estimate of drug-likeness (QED) is 0.869. The van der Waals surface area contributed by atoms with Crippen molar-refractivity contribution in [3.8, 4) is 0 Å². The molecule has 0 radical (unpaired) electrons. The number of rotatable bonds is 2. The molecule has 1 aromatic rings. The number of halogens is 3. The zero-order valence-electron chi connectivity index (χ0n) is 13.4. The molecular formula is C15H18F3NO4S. The minimum atomic E-state index is -4.44. The molecule has 1 aliphatic rings. The van der Waals surface area contributed by atoms with Crippen LogP contribution in [0.2, 0.25) is 0 Å². The molecule has 2 atom stereocenters. The third-order valence-electron chi connectivity index (χ3n) is 4.28. The minimum Gasteiger partial charge on any atom is -0.464 e. The fourth-order valence-electron chi connectivity index (χ4n) is 2.71. The molecular weight excluding hydrogens is 347 g/mol. The van der Waals surface area contributed by atoms with Crippen molar-refractivity contribution in [2.45, 2.75) is 38.9 Å². The molecule has 0 saturated carbocycles. The van der Waals surface area contributed by atoms with Gasteiger partial charge in [-0.25, -0.2) is 9.00 Å². The van der Waals surface area contributed by atoms with Gasteiger partial charge in [-0.2, -0.15) is 17.5 Å². The van der Waals surface area contributed by atoms with Crippen molar-refractivity contribution in [1.29, 1.82) is 0 Å². The molecule has 134 valence electrons. The fourth-order valence-corrected chi connectivity index (χ4v) is 3.91. The van der Waals surface area contributed by atoms with E-state index >= 15 is 0 Å². The second kappa shape index (κ2) is 6.03. The predicted molar refractivity (Wildman–Crippen MR) is 81.3 cm³/mol. The van der Waals surface area contributed by atoms with Crippen LogP contribution in [0.15, 0.2) is 24.3 Å². The molecule has 0 spiro atoms. The first kappa shape index (κ1) is 18.7. The molecule has 0 bridgehead atoms. The summed E-state index contributed by atoms with van der Waals surface area (Å²) in [5.41, 5.74) is -2.08. The van der Waals surface area contributed by atoms with E-state index in [0.717, 1.165) is 16.4 Å². The van der Waals surface area contributed by atoms with E-state index in [1.807, 2.05) is 0 Å².